The molecule has 0 spiro atoms. The van der Waals surface area contributed by atoms with Gasteiger partial charge in [-0.05, 0) is 30.7 Å². The molecule has 20 heavy (non-hydrogen) atoms. The van der Waals surface area contributed by atoms with Crippen LogP contribution in [-0.2, 0) is 0 Å². The summed E-state index contributed by atoms with van der Waals surface area (Å²) >= 11 is 0. The number of rotatable bonds is 3. The Kier molecular flexibility index (Phi) is 3.75. The number of hydrazine groups is 1. The summed E-state index contributed by atoms with van der Waals surface area (Å²) in [6, 6.07) is 4.27. The van der Waals surface area contributed by atoms with Crippen LogP contribution in [0.1, 0.15) is 5.56 Å². The van der Waals surface area contributed by atoms with Gasteiger partial charge in [-0.15, -0.1) is 13.2 Å². The summed E-state index contributed by atoms with van der Waals surface area (Å²) in [4.78, 5) is 8.07. The summed E-state index contributed by atoms with van der Waals surface area (Å²) in [6.45, 7) is 1.52. The van der Waals surface area contributed by atoms with E-state index in [-0.39, 0.29) is 5.75 Å². The first-order chi connectivity index (χ1) is 9.39. The van der Waals surface area contributed by atoms with Crippen molar-refractivity contribution < 1.29 is 17.9 Å². The average Bonchev–Trinajstić information content (AvgIpc) is 2.40. The van der Waals surface area contributed by atoms with E-state index < -0.39 is 6.36 Å². The first-order valence-electron chi connectivity index (χ1n) is 5.54. The first-order valence-corrected chi connectivity index (χ1v) is 5.54. The van der Waals surface area contributed by atoms with E-state index in [1.807, 2.05) is 0 Å². The Morgan fingerprint density at radius 2 is 1.95 bits per heavy atom. The van der Waals surface area contributed by atoms with E-state index in [0.717, 1.165) is 0 Å². The number of nitrogens with two attached hydrogens (primary N) is 1. The lowest BCUT2D eigenvalue weighted by Crippen LogP contribution is -2.17. The number of aromatic nitrogens is 2. The third-order valence-electron chi connectivity index (χ3n) is 2.50. The van der Waals surface area contributed by atoms with Crippen molar-refractivity contribution in [3.8, 4) is 17.0 Å². The number of hydrogen-bond acceptors (Lipinski definition) is 5. The number of benzene rings is 1. The van der Waals surface area contributed by atoms with Gasteiger partial charge in [0.1, 0.15) is 5.75 Å². The summed E-state index contributed by atoms with van der Waals surface area (Å²) in [5.74, 6) is 5.32. The van der Waals surface area contributed by atoms with Crippen LogP contribution in [0.15, 0.2) is 30.6 Å². The molecule has 5 nitrogen and oxygen atoms in total. The quantitative estimate of drug-likeness (QED) is 0.669. The number of halogens is 3. The third-order valence-corrected chi connectivity index (χ3v) is 2.50. The topological polar surface area (TPSA) is 73.1 Å². The highest BCUT2D eigenvalue weighted by Gasteiger charge is 2.31. The normalized spacial score (nSPS) is 11.2. The lowest BCUT2D eigenvalue weighted by Gasteiger charge is -2.12. The molecule has 0 saturated heterocycles. The fourth-order valence-electron chi connectivity index (χ4n) is 1.60. The van der Waals surface area contributed by atoms with Crippen LogP contribution in [0.2, 0.25) is 0 Å². The zero-order valence-electron chi connectivity index (χ0n) is 10.4. The molecule has 1 aromatic carbocycles. The molecule has 1 heterocycles. The van der Waals surface area contributed by atoms with Crippen LogP contribution >= 0.6 is 0 Å². The minimum Gasteiger partial charge on any atom is -0.406 e. The van der Waals surface area contributed by atoms with Crippen molar-refractivity contribution in [3.63, 3.8) is 0 Å². The molecule has 0 bridgehead atoms. The lowest BCUT2D eigenvalue weighted by atomic mass is 10.1. The maximum absolute atomic E-state index is 12.2. The van der Waals surface area contributed by atoms with Crippen molar-refractivity contribution in [2.45, 2.75) is 13.3 Å². The second-order valence-electron chi connectivity index (χ2n) is 3.96. The third kappa shape index (κ3) is 3.35. The molecular formula is C12H11F3N4O. The first kappa shape index (κ1) is 14.1. The molecule has 0 unspecified atom stereocenters. The molecular weight excluding hydrogens is 273 g/mol. The Bertz CT molecular complexity index is 599. The van der Waals surface area contributed by atoms with E-state index in [1.165, 1.54) is 31.5 Å². The van der Waals surface area contributed by atoms with Crippen LogP contribution in [-0.4, -0.2) is 16.3 Å². The smallest absolute Gasteiger partial charge is 0.406 e. The minimum atomic E-state index is -4.71. The zero-order valence-corrected chi connectivity index (χ0v) is 10.4. The van der Waals surface area contributed by atoms with Gasteiger partial charge >= 0.3 is 6.36 Å². The van der Waals surface area contributed by atoms with E-state index in [9.17, 15) is 13.2 Å². The van der Waals surface area contributed by atoms with Crippen molar-refractivity contribution in [2.24, 2.45) is 5.84 Å². The minimum absolute atomic E-state index is 0.241. The second-order valence-corrected chi connectivity index (χ2v) is 3.96. The van der Waals surface area contributed by atoms with Crippen LogP contribution in [0.25, 0.3) is 11.3 Å². The number of alkyl halides is 3. The highest BCUT2D eigenvalue weighted by Crippen LogP contribution is 2.29. The predicted octanol–water partition coefficient (Wildman–Crippen LogP) is 2.64. The van der Waals surface area contributed by atoms with E-state index >= 15 is 0 Å². The van der Waals surface area contributed by atoms with Crippen molar-refractivity contribution in [1.82, 2.24) is 9.97 Å². The van der Waals surface area contributed by atoms with E-state index in [4.69, 9.17) is 5.84 Å². The van der Waals surface area contributed by atoms with Crippen molar-refractivity contribution in [3.05, 3.63) is 36.2 Å². The molecule has 0 fully saturated rings. The molecule has 3 N–H and O–H groups in total. The lowest BCUT2D eigenvalue weighted by molar-refractivity contribution is -0.274. The number of ether oxygens (including phenoxy) is 1. The highest BCUT2D eigenvalue weighted by molar-refractivity contribution is 5.61. The Labute approximate surface area is 112 Å². The maximum Gasteiger partial charge on any atom is 0.573 e. The standard InChI is InChI=1S/C12H11F3N4O/c1-7-4-8(2-3-10(7)20-12(13,14)15)9-5-18-11(19-16)6-17-9/h2-6H,16H2,1H3,(H,18,19). The zero-order chi connectivity index (χ0) is 14.8. The number of nitrogens with zero attached hydrogens (tertiary/aromatic N) is 2. The van der Waals surface area contributed by atoms with Crippen LogP contribution < -0.4 is 16.0 Å². The molecule has 8 heteroatoms. The van der Waals surface area contributed by atoms with Gasteiger partial charge in [0.2, 0.25) is 0 Å². The van der Waals surface area contributed by atoms with Crippen LogP contribution in [0.4, 0.5) is 19.0 Å². The Morgan fingerprint density at radius 3 is 2.45 bits per heavy atom. The molecule has 2 rings (SSSR count). The van der Waals surface area contributed by atoms with Gasteiger partial charge in [0, 0.05) is 5.56 Å². The highest BCUT2D eigenvalue weighted by atomic mass is 19.4. The molecule has 0 saturated carbocycles. The van der Waals surface area contributed by atoms with Crippen LogP contribution in [0.3, 0.4) is 0 Å². The van der Waals surface area contributed by atoms with E-state index in [0.29, 0.717) is 22.6 Å². The monoisotopic (exact) mass is 284 g/mol. The molecule has 106 valence electrons. The molecule has 0 aliphatic carbocycles. The van der Waals surface area contributed by atoms with Gasteiger partial charge in [-0.1, -0.05) is 0 Å². The number of anilines is 1. The SMILES string of the molecule is Cc1cc(-c2cnc(NN)cn2)ccc1OC(F)(F)F. The van der Waals surface area contributed by atoms with Gasteiger partial charge in [-0.25, -0.2) is 10.8 Å². The molecule has 0 aliphatic heterocycles. The summed E-state index contributed by atoms with van der Waals surface area (Å²) < 4.78 is 40.4. The number of hydrogen-bond donors (Lipinski definition) is 2. The van der Waals surface area contributed by atoms with E-state index in [2.05, 4.69) is 20.1 Å². The van der Waals surface area contributed by atoms with Crippen molar-refractivity contribution >= 4 is 5.82 Å². The van der Waals surface area contributed by atoms with Crippen molar-refractivity contribution in [2.75, 3.05) is 5.43 Å². The van der Waals surface area contributed by atoms with Gasteiger partial charge in [0.25, 0.3) is 0 Å². The molecule has 1 aromatic heterocycles. The van der Waals surface area contributed by atoms with Gasteiger partial charge in [0.05, 0.1) is 18.1 Å². The fraction of sp³-hybridized carbons (Fsp3) is 0.167. The molecule has 0 radical (unpaired) electrons. The molecule has 2 aromatic rings. The molecule has 0 amide bonds. The maximum atomic E-state index is 12.2. The summed E-state index contributed by atoms with van der Waals surface area (Å²) in [5, 5.41) is 0. The largest absolute Gasteiger partial charge is 0.573 e. The Morgan fingerprint density at radius 1 is 1.20 bits per heavy atom. The second kappa shape index (κ2) is 5.33. The predicted molar refractivity (Wildman–Crippen MR) is 66.7 cm³/mol. The summed E-state index contributed by atoms with van der Waals surface area (Å²) in [7, 11) is 0. The van der Waals surface area contributed by atoms with Gasteiger partial charge in [-0.3, -0.25) is 4.98 Å². The van der Waals surface area contributed by atoms with Crippen molar-refractivity contribution in [1.29, 1.82) is 0 Å². The summed E-state index contributed by atoms with van der Waals surface area (Å²) in [6.07, 6.45) is -1.82. The summed E-state index contributed by atoms with van der Waals surface area (Å²) in [5.41, 5.74) is 3.83. The Hall–Kier alpha value is -2.35. The van der Waals surface area contributed by atoms with Gasteiger partial charge < -0.3 is 10.2 Å². The molecule has 0 aliphatic rings. The van der Waals surface area contributed by atoms with Crippen LogP contribution in [0.5, 0.6) is 5.75 Å². The number of nitrogens with one attached hydrogen (secondary N) is 1. The molecule has 0 atom stereocenters. The Balaban J connectivity index is 2.28. The number of nitrogen functional groups attached to an aromatic ring is 1. The van der Waals surface area contributed by atoms with Gasteiger partial charge in [-0.2, -0.15) is 0 Å². The van der Waals surface area contributed by atoms with E-state index in [1.54, 1.807) is 6.07 Å². The fourth-order valence-corrected chi connectivity index (χ4v) is 1.60. The van der Waals surface area contributed by atoms with Gasteiger partial charge in [0.15, 0.2) is 5.82 Å². The number of aryl methyl sites for hydroxylation is 1. The van der Waals surface area contributed by atoms with Crippen LogP contribution in [0, 0.1) is 6.92 Å². The average molecular weight is 284 g/mol.